The lowest BCUT2D eigenvalue weighted by Crippen LogP contribution is -2.57. The molecule has 0 amide bonds. The summed E-state index contributed by atoms with van der Waals surface area (Å²) >= 11 is 6.01. The lowest BCUT2D eigenvalue weighted by molar-refractivity contribution is -0.328. The standard InChI is InChI=1S/C34H52ClNO9/c1-10-27(38)34(8,41)31-22(5)29-19(2)17-33(7,44-29)30(20(3)28(39)21(4)32(40)43-31)45-42-16-15-26(23(6)37)36(9)18-24-11-13-25(35)14-12-24/h11-16,19-23,26-27,29-31,37-38,41H,10,17-18H2,1-9H3/b16-15-/t19?,20-,21+,22-,23?,26?,27+,29?,30-,31+,33+,34+/m0/s1. The number of nitrogens with zero attached hydrogens (tertiary/aromatic N) is 1. The van der Waals surface area contributed by atoms with Crippen LogP contribution in [0.5, 0.6) is 0 Å². The van der Waals surface area contributed by atoms with Gasteiger partial charge in [-0.1, -0.05) is 51.4 Å². The van der Waals surface area contributed by atoms with Gasteiger partial charge in [-0.25, -0.2) is 0 Å². The maximum atomic E-state index is 13.7. The van der Waals surface area contributed by atoms with E-state index in [1.807, 2.05) is 57.0 Å². The monoisotopic (exact) mass is 653 g/mol. The number of esters is 1. The van der Waals surface area contributed by atoms with Crippen molar-refractivity contribution in [3.63, 3.8) is 0 Å². The maximum Gasteiger partial charge on any atom is 0.316 e. The van der Waals surface area contributed by atoms with Crippen LogP contribution in [0.25, 0.3) is 0 Å². The molecule has 11 heteroatoms. The topological polar surface area (TPSA) is 135 Å². The number of hydrogen-bond donors (Lipinski definition) is 3. The van der Waals surface area contributed by atoms with Gasteiger partial charge in [-0.3, -0.25) is 14.5 Å². The van der Waals surface area contributed by atoms with Crippen molar-refractivity contribution in [1.29, 1.82) is 0 Å². The van der Waals surface area contributed by atoms with Gasteiger partial charge in [-0.05, 0) is 77.3 Å². The molecule has 4 unspecified atom stereocenters. The minimum absolute atomic E-state index is 0.0669. The number of benzene rings is 1. The third-order valence-electron chi connectivity index (χ3n) is 9.69. The Hall–Kier alpha value is -2.05. The number of aliphatic hydroxyl groups is 3. The number of cyclic esters (lactones) is 1. The van der Waals surface area contributed by atoms with Crippen LogP contribution in [-0.4, -0.2) is 86.8 Å². The van der Waals surface area contributed by atoms with Gasteiger partial charge in [-0.2, -0.15) is 4.89 Å². The predicted octanol–water partition coefficient (Wildman–Crippen LogP) is 4.46. The third-order valence-corrected chi connectivity index (χ3v) is 9.95. The zero-order valence-electron chi connectivity index (χ0n) is 28.0. The molecule has 2 aliphatic rings. The SMILES string of the molecule is CC[C@@H](O)[C@@](C)(O)[C@@H]1OC(=O)[C@H](C)C(=O)[C@H](C)[C@H](OO/C=C\C(C(C)O)N(C)Cc2ccc(Cl)cc2)[C@@]2(C)CC(C)C(O2)[C@@H]1C. The van der Waals surface area contributed by atoms with Crippen molar-refractivity contribution < 1.29 is 44.2 Å². The van der Waals surface area contributed by atoms with Gasteiger partial charge in [0.05, 0.1) is 30.0 Å². The Balaban J connectivity index is 1.86. The molecule has 1 aromatic carbocycles. The van der Waals surface area contributed by atoms with Gasteiger partial charge in [0.25, 0.3) is 0 Å². The van der Waals surface area contributed by atoms with Crippen LogP contribution in [0.1, 0.15) is 73.8 Å². The molecule has 2 bridgehead atoms. The van der Waals surface area contributed by atoms with Crippen molar-refractivity contribution in [3.8, 4) is 0 Å². The summed E-state index contributed by atoms with van der Waals surface area (Å²) in [7, 11) is 1.88. The number of ketones is 1. The molecule has 2 saturated heterocycles. The fourth-order valence-corrected chi connectivity index (χ4v) is 7.16. The molecule has 12 atom stereocenters. The van der Waals surface area contributed by atoms with Gasteiger partial charge >= 0.3 is 5.97 Å². The van der Waals surface area contributed by atoms with E-state index in [0.29, 0.717) is 18.0 Å². The van der Waals surface area contributed by atoms with Crippen LogP contribution in [0.3, 0.4) is 0 Å². The van der Waals surface area contributed by atoms with Crippen molar-refractivity contribution in [2.75, 3.05) is 7.05 Å². The van der Waals surface area contributed by atoms with Crippen LogP contribution >= 0.6 is 11.6 Å². The predicted molar refractivity (Wildman–Crippen MR) is 170 cm³/mol. The van der Waals surface area contributed by atoms with E-state index in [1.165, 1.54) is 20.1 Å². The van der Waals surface area contributed by atoms with Gasteiger partial charge in [-0.15, -0.1) is 0 Å². The van der Waals surface area contributed by atoms with E-state index >= 15 is 0 Å². The highest BCUT2D eigenvalue weighted by Gasteiger charge is 2.57. The van der Waals surface area contributed by atoms with Crippen LogP contribution in [0.15, 0.2) is 36.6 Å². The number of rotatable bonds is 11. The molecule has 0 saturated carbocycles. The molecule has 1 aromatic rings. The van der Waals surface area contributed by atoms with E-state index in [1.54, 1.807) is 26.8 Å². The average molecular weight is 654 g/mol. The first-order chi connectivity index (χ1) is 20.9. The first-order valence-corrected chi connectivity index (χ1v) is 16.3. The summed E-state index contributed by atoms with van der Waals surface area (Å²) in [5.74, 6) is -3.79. The average Bonchev–Trinajstić information content (AvgIpc) is 3.30. The number of ether oxygens (including phenoxy) is 2. The van der Waals surface area contributed by atoms with Crippen molar-refractivity contribution in [2.24, 2.45) is 23.7 Å². The quantitative estimate of drug-likeness (QED) is 0.103. The molecule has 2 aliphatic heterocycles. The molecule has 10 nitrogen and oxygen atoms in total. The molecule has 2 heterocycles. The molecular formula is C34H52ClNO9. The summed E-state index contributed by atoms with van der Waals surface area (Å²) in [5, 5.41) is 33.2. The largest absolute Gasteiger partial charge is 0.458 e. The first kappa shape index (κ1) is 37.4. The zero-order valence-corrected chi connectivity index (χ0v) is 28.7. The number of fused-ring (bicyclic) bond motifs is 2. The number of halogens is 1. The lowest BCUT2D eigenvalue weighted by atomic mass is 9.76. The van der Waals surface area contributed by atoms with Crippen LogP contribution < -0.4 is 0 Å². The summed E-state index contributed by atoms with van der Waals surface area (Å²) in [6.07, 6.45) is -0.645. The third kappa shape index (κ3) is 8.46. The van der Waals surface area contributed by atoms with Crippen LogP contribution in [0.2, 0.25) is 5.02 Å². The second-order valence-electron chi connectivity index (χ2n) is 13.6. The number of likely N-dealkylation sites (N-methyl/N-ethyl adjacent to an activating group) is 1. The molecular weight excluding hydrogens is 602 g/mol. The smallest absolute Gasteiger partial charge is 0.316 e. The molecule has 45 heavy (non-hydrogen) atoms. The molecule has 2 fully saturated rings. The van der Waals surface area contributed by atoms with Crippen LogP contribution in [-0.2, 0) is 35.4 Å². The minimum Gasteiger partial charge on any atom is -0.458 e. The van der Waals surface area contributed by atoms with Crippen molar-refractivity contribution in [2.45, 2.75) is 123 Å². The van der Waals surface area contributed by atoms with E-state index in [9.17, 15) is 24.9 Å². The van der Waals surface area contributed by atoms with Gasteiger partial charge in [0.1, 0.15) is 30.0 Å². The van der Waals surface area contributed by atoms with Crippen molar-refractivity contribution in [3.05, 3.63) is 47.2 Å². The molecule has 0 aliphatic carbocycles. The van der Waals surface area contributed by atoms with Gasteiger partial charge in [0, 0.05) is 23.4 Å². The second-order valence-corrected chi connectivity index (χ2v) is 14.0. The molecule has 0 aromatic heterocycles. The lowest BCUT2D eigenvalue weighted by Gasteiger charge is -2.42. The summed E-state index contributed by atoms with van der Waals surface area (Å²) in [6.45, 7) is 14.2. The van der Waals surface area contributed by atoms with E-state index in [2.05, 4.69) is 0 Å². The molecule has 254 valence electrons. The van der Waals surface area contributed by atoms with Crippen LogP contribution in [0.4, 0.5) is 0 Å². The van der Waals surface area contributed by atoms with Crippen LogP contribution in [0, 0.1) is 23.7 Å². The van der Waals surface area contributed by atoms with E-state index in [-0.39, 0.29) is 12.3 Å². The highest BCUT2D eigenvalue weighted by Crippen LogP contribution is 2.46. The summed E-state index contributed by atoms with van der Waals surface area (Å²) in [5.41, 5.74) is -1.75. The Kier molecular flexibility index (Phi) is 12.7. The fraction of sp³-hybridized carbons (Fsp3) is 0.706. The summed E-state index contributed by atoms with van der Waals surface area (Å²) in [4.78, 5) is 40.5. The van der Waals surface area contributed by atoms with E-state index in [4.69, 9.17) is 30.8 Å². The Bertz CT molecular complexity index is 1170. The molecule has 0 spiro atoms. The Labute approximate surface area is 272 Å². The fourth-order valence-electron chi connectivity index (χ4n) is 7.04. The normalized spacial score (nSPS) is 34.6. The van der Waals surface area contributed by atoms with Gasteiger partial charge < -0.3 is 29.7 Å². The minimum atomic E-state index is -1.78. The second kappa shape index (κ2) is 15.2. The first-order valence-electron chi connectivity index (χ1n) is 15.9. The maximum absolute atomic E-state index is 13.7. The van der Waals surface area contributed by atoms with Gasteiger partial charge in [0.2, 0.25) is 0 Å². The molecule has 0 radical (unpaired) electrons. The number of Topliss-reactive ketones (excluding diaryl/α,β-unsaturated/α-hetero) is 1. The Morgan fingerprint density at radius 2 is 1.80 bits per heavy atom. The zero-order chi connectivity index (χ0) is 33.9. The Morgan fingerprint density at radius 1 is 1.18 bits per heavy atom. The van der Waals surface area contributed by atoms with E-state index in [0.717, 1.165) is 5.56 Å². The summed E-state index contributed by atoms with van der Waals surface area (Å²) in [6, 6.07) is 7.05. The van der Waals surface area contributed by atoms with Crippen molar-refractivity contribution >= 4 is 23.4 Å². The number of aliphatic hydroxyl groups excluding tert-OH is 2. The van der Waals surface area contributed by atoms with E-state index < -0.39 is 77.3 Å². The number of hydrogen-bond acceptors (Lipinski definition) is 10. The number of carbonyl (C=O) groups excluding carboxylic acids is 2. The number of carbonyl (C=O) groups is 2. The Morgan fingerprint density at radius 3 is 2.38 bits per heavy atom. The highest BCUT2D eigenvalue weighted by molar-refractivity contribution is 6.30. The van der Waals surface area contributed by atoms with Crippen molar-refractivity contribution in [1.82, 2.24) is 4.90 Å². The molecule has 3 rings (SSSR count). The molecule has 3 N–H and O–H groups in total. The van der Waals surface area contributed by atoms with Gasteiger partial charge in [0.15, 0.2) is 5.78 Å². The highest BCUT2D eigenvalue weighted by atomic mass is 35.5. The summed E-state index contributed by atoms with van der Waals surface area (Å²) < 4.78 is 12.5.